The fraction of sp³-hybridized carbons (Fsp3) is 0.364. The van der Waals surface area contributed by atoms with Gasteiger partial charge in [-0.05, 0) is 19.9 Å². The van der Waals surface area contributed by atoms with Gasteiger partial charge in [0.1, 0.15) is 5.41 Å². The van der Waals surface area contributed by atoms with E-state index in [0.717, 1.165) is 4.90 Å². The third-order valence-electron chi connectivity index (χ3n) is 2.73. The third kappa shape index (κ3) is 1.82. The molecule has 1 aliphatic rings. The summed E-state index contributed by atoms with van der Waals surface area (Å²) < 4.78 is 4.86. The second-order valence-electron chi connectivity index (χ2n) is 4.41. The molecule has 6 nitrogen and oxygen atoms in total. The van der Waals surface area contributed by atoms with Gasteiger partial charge in [0, 0.05) is 5.56 Å². The molecule has 4 amide bonds. The van der Waals surface area contributed by atoms with E-state index in [9.17, 15) is 14.4 Å². The largest absolute Gasteiger partial charge is 0.472 e. The molecule has 0 bridgehead atoms. The van der Waals surface area contributed by atoms with Crippen LogP contribution in [0.5, 0.6) is 0 Å². The van der Waals surface area contributed by atoms with Gasteiger partial charge in [-0.25, -0.2) is 4.79 Å². The maximum absolute atomic E-state index is 12.0. The SMILES string of the molecule is CC1(C)C(=O)NC(=O)N(Cc2ccoc2)C1=O. The number of hydrogen-bond acceptors (Lipinski definition) is 4. The number of amides is 4. The van der Waals surface area contributed by atoms with Gasteiger partial charge < -0.3 is 4.42 Å². The van der Waals surface area contributed by atoms with E-state index in [1.54, 1.807) is 6.07 Å². The number of nitrogens with zero attached hydrogens (tertiary/aromatic N) is 1. The number of barbiturate groups is 1. The van der Waals surface area contributed by atoms with Crippen LogP contribution >= 0.6 is 0 Å². The van der Waals surface area contributed by atoms with Crippen molar-refractivity contribution in [3.8, 4) is 0 Å². The van der Waals surface area contributed by atoms with E-state index in [-0.39, 0.29) is 6.54 Å². The Morgan fingerprint density at radius 3 is 2.65 bits per heavy atom. The van der Waals surface area contributed by atoms with Crippen LogP contribution in [0.15, 0.2) is 23.0 Å². The van der Waals surface area contributed by atoms with Crippen molar-refractivity contribution in [1.29, 1.82) is 0 Å². The van der Waals surface area contributed by atoms with Gasteiger partial charge in [0.15, 0.2) is 0 Å². The molecular formula is C11H12N2O4. The number of rotatable bonds is 2. The van der Waals surface area contributed by atoms with Crippen molar-refractivity contribution in [2.24, 2.45) is 5.41 Å². The molecule has 2 heterocycles. The molecule has 1 N–H and O–H groups in total. The molecule has 0 unspecified atom stereocenters. The molecule has 0 spiro atoms. The van der Waals surface area contributed by atoms with Crippen LogP contribution in [0.4, 0.5) is 4.79 Å². The highest BCUT2D eigenvalue weighted by Crippen LogP contribution is 2.24. The Morgan fingerprint density at radius 2 is 2.06 bits per heavy atom. The van der Waals surface area contributed by atoms with Gasteiger partial charge >= 0.3 is 6.03 Å². The minimum Gasteiger partial charge on any atom is -0.472 e. The van der Waals surface area contributed by atoms with Crippen molar-refractivity contribution in [3.63, 3.8) is 0 Å². The van der Waals surface area contributed by atoms with Crippen molar-refractivity contribution in [1.82, 2.24) is 10.2 Å². The Kier molecular flexibility index (Phi) is 2.49. The predicted octanol–water partition coefficient (Wildman–Crippen LogP) is 0.884. The lowest BCUT2D eigenvalue weighted by molar-refractivity contribution is -0.149. The summed E-state index contributed by atoms with van der Waals surface area (Å²) in [6.07, 6.45) is 2.90. The van der Waals surface area contributed by atoms with Crippen LogP contribution in [-0.2, 0) is 16.1 Å². The second kappa shape index (κ2) is 3.73. The third-order valence-corrected chi connectivity index (χ3v) is 2.73. The van der Waals surface area contributed by atoms with Crippen molar-refractivity contribution in [3.05, 3.63) is 24.2 Å². The summed E-state index contributed by atoms with van der Waals surface area (Å²) in [5.41, 5.74) is -0.531. The lowest BCUT2D eigenvalue weighted by Crippen LogP contribution is -2.61. The van der Waals surface area contributed by atoms with Gasteiger partial charge in [-0.3, -0.25) is 19.8 Å². The molecule has 0 radical (unpaired) electrons. The van der Waals surface area contributed by atoms with Gasteiger partial charge in [0.05, 0.1) is 19.1 Å². The van der Waals surface area contributed by atoms with Crippen LogP contribution < -0.4 is 5.32 Å². The average Bonchev–Trinajstić information content (AvgIpc) is 2.75. The Labute approximate surface area is 97.6 Å². The Balaban J connectivity index is 2.25. The van der Waals surface area contributed by atoms with Crippen molar-refractivity contribution < 1.29 is 18.8 Å². The number of imide groups is 2. The molecule has 17 heavy (non-hydrogen) atoms. The van der Waals surface area contributed by atoms with Gasteiger partial charge in [-0.2, -0.15) is 0 Å². The standard InChI is InChI=1S/C11H12N2O4/c1-11(2)8(14)12-10(16)13(9(11)15)5-7-3-4-17-6-7/h3-4,6H,5H2,1-2H3,(H,12,14,16). The lowest BCUT2D eigenvalue weighted by Gasteiger charge is -2.34. The Morgan fingerprint density at radius 1 is 1.35 bits per heavy atom. The zero-order valence-corrected chi connectivity index (χ0v) is 9.52. The van der Waals surface area contributed by atoms with E-state index in [1.807, 2.05) is 0 Å². The van der Waals surface area contributed by atoms with Gasteiger partial charge in [0.2, 0.25) is 11.8 Å². The first-order valence-corrected chi connectivity index (χ1v) is 5.11. The summed E-state index contributed by atoms with van der Waals surface area (Å²) in [6.45, 7) is 3.07. The topological polar surface area (TPSA) is 79.6 Å². The second-order valence-corrected chi connectivity index (χ2v) is 4.41. The number of furan rings is 1. The van der Waals surface area contributed by atoms with Gasteiger partial charge in [0.25, 0.3) is 0 Å². The highest BCUT2D eigenvalue weighted by atomic mass is 16.3. The summed E-state index contributed by atoms with van der Waals surface area (Å²) in [5.74, 6) is -1.08. The molecule has 2 rings (SSSR count). The quantitative estimate of drug-likeness (QED) is 0.773. The summed E-state index contributed by atoms with van der Waals surface area (Å²) in [6, 6.07) is 0.963. The zero-order chi connectivity index (χ0) is 12.6. The lowest BCUT2D eigenvalue weighted by atomic mass is 9.88. The normalized spacial score (nSPS) is 19.4. The molecule has 1 aromatic rings. The summed E-state index contributed by atoms with van der Waals surface area (Å²) in [4.78, 5) is 36.1. The van der Waals surface area contributed by atoms with Crippen LogP contribution in [-0.4, -0.2) is 22.7 Å². The fourth-order valence-electron chi connectivity index (χ4n) is 1.56. The van der Waals surface area contributed by atoms with E-state index >= 15 is 0 Å². The Bertz CT molecular complexity index is 476. The summed E-state index contributed by atoms with van der Waals surface area (Å²) in [7, 11) is 0. The first kappa shape index (κ1) is 11.4. The molecule has 90 valence electrons. The average molecular weight is 236 g/mol. The van der Waals surface area contributed by atoms with Crippen molar-refractivity contribution in [2.45, 2.75) is 20.4 Å². The van der Waals surface area contributed by atoms with E-state index in [4.69, 9.17) is 4.42 Å². The summed E-state index contributed by atoms with van der Waals surface area (Å²) >= 11 is 0. The van der Waals surface area contributed by atoms with Crippen LogP contribution in [0.2, 0.25) is 0 Å². The van der Waals surface area contributed by atoms with E-state index in [2.05, 4.69) is 5.32 Å². The maximum Gasteiger partial charge on any atom is 0.331 e. The van der Waals surface area contributed by atoms with Gasteiger partial charge in [-0.15, -0.1) is 0 Å². The first-order chi connectivity index (χ1) is 7.93. The van der Waals surface area contributed by atoms with Crippen LogP contribution in [0.25, 0.3) is 0 Å². The summed E-state index contributed by atoms with van der Waals surface area (Å²) in [5, 5.41) is 2.16. The maximum atomic E-state index is 12.0. The number of urea groups is 1. The zero-order valence-electron chi connectivity index (χ0n) is 9.52. The van der Waals surface area contributed by atoms with Crippen molar-refractivity contribution in [2.75, 3.05) is 0 Å². The molecule has 0 aromatic carbocycles. The molecule has 0 saturated carbocycles. The number of nitrogens with one attached hydrogen (secondary N) is 1. The molecule has 6 heteroatoms. The van der Waals surface area contributed by atoms with E-state index < -0.39 is 23.3 Å². The highest BCUT2D eigenvalue weighted by Gasteiger charge is 2.46. The minimum atomic E-state index is -1.22. The predicted molar refractivity (Wildman–Crippen MR) is 56.6 cm³/mol. The molecule has 0 aliphatic carbocycles. The highest BCUT2D eigenvalue weighted by molar-refractivity contribution is 6.18. The van der Waals surface area contributed by atoms with Crippen LogP contribution in [0, 0.1) is 5.41 Å². The Hall–Kier alpha value is -2.11. The molecular weight excluding hydrogens is 224 g/mol. The number of carbonyl (C=O) groups is 3. The van der Waals surface area contributed by atoms with Gasteiger partial charge in [-0.1, -0.05) is 0 Å². The van der Waals surface area contributed by atoms with E-state index in [1.165, 1.54) is 26.4 Å². The van der Waals surface area contributed by atoms with Crippen LogP contribution in [0.1, 0.15) is 19.4 Å². The monoisotopic (exact) mass is 236 g/mol. The molecule has 1 saturated heterocycles. The van der Waals surface area contributed by atoms with Crippen LogP contribution in [0.3, 0.4) is 0 Å². The first-order valence-electron chi connectivity index (χ1n) is 5.11. The number of carbonyl (C=O) groups excluding carboxylic acids is 3. The fourth-order valence-corrected chi connectivity index (χ4v) is 1.56. The molecule has 1 aromatic heterocycles. The minimum absolute atomic E-state index is 0.0951. The molecule has 1 aliphatic heterocycles. The van der Waals surface area contributed by atoms with Crippen molar-refractivity contribution >= 4 is 17.8 Å². The van der Waals surface area contributed by atoms with E-state index in [0.29, 0.717) is 5.56 Å². The molecule has 0 atom stereocenters. The molecule has 1 fully saturated rings. The number of hydrogen-bond donors (Lipinski definition) is 1. The smallest absolute Gasteiger partial charge is 0.331 e.